The maximum absolute atomic E-state index is 11.7. The Kier molecular flexibility index (Phi) is 3.61. The number of fused-ring (bicyclic) bond motifs is 1. The lowest BCUT2D eigenvalue weighted by molar-refractivity contribution is 0.155. The van der Waals surface area contributed by atoms with Crippen molar-refractivity contribution in [3.8, 4) is 0 Å². The van der Waals surface area contributed by atoms with Crippen LogP contribution >= 0.6 is 0 Å². The average Bonchev–Trinajstić information content (AvgIpc) is 2.81. The van der Waals surface area contributed by atoms with Crippen LogP contribution in [0.2, 0.25) is 0 Å². The second kappa shape index (κ2) is 5.72. The zero-order chi connectivity index (χ0) is 15.5. The molecule has 7 heteroatoms. The second-order valence-corrected chi connectivity index (χ2v) is 4.66. The molecule has 2 aromatic heterocycles. The van der Waals surface area contributed by atoms with E-state index in [-0.39, 0.29) is 6.61 Å². The summed E-state index contributed by atoms with van der Waals surface area (Å²) in [5.74, 6) is -0.508. The first-order valence-corrected chi connectivity index (χ1v) is 6.57. The lowest BCUT2D eigenvalue weighted by Gasteiger charge is -2.06. The van der Waals surface area contributed by atoms with E-state index >= 15 is 0 Å². The van der Waals surface area contributed by atoms with Gasteiger partial charge in [0.2, 0.25) is 0 Å². The van der Waals surface area contributed by atoms with Crippen LogP contribution in [0.15, 0.2) is 51.8 Å². The maximum Gasteiger partial charge on any atom is 0.420 e. The van der Waals surface area contributed by atoms with Crippen LogP contribution in [0.3, 0.4) is 0 Å². The smallest absolute Gasteiger partial charge is 0.420 e. The molecule has 0 aliphatic carbocycles. The van der Waals surface area contributed by atoms with Gasteiger partial charge in [-0.05, 0) is 5.56 Å². The average molecular weight is 299 g/mol. The fraction of sp³-hybridized carbons (Fsp3) is 0.133. The number of carbonyl (C=O) groups is 1. The fourth-order valence-corrected chi connectivity index (χ4v) is 1.96. The van der Waals surface area contributed by atoms with Crippen LogP contribution in [-0.4, -0.2) is 15.6 Å². The number of hydrogen-bond donors (Lipinski definition) is 1. The summed E-state index contributed by atoms with van der Waals surface area (Å²) in [5.41, 5.74) is 1.99. The summed E-state index contributed by atoms with van der Waals surface area (Å²) < 4.78 is 11.4. The van der Waals surface area contributed by atoms with E-state index < -0.39 is 11.8 Å². The van der Waals surface area contributed by atoms with Crippen molar-refractivity contribution < 1.29 is 13.9 Å². The summed E-state index contributed by atoms with van der Waals surface area (Å²) >= 11 is 0. The van der Waals surface area contributed by atoms with E-state index in [4.69, 9.17) is 9.15 Å². The third-order valence-electron chi connectivity index (χ3n) is 3.08. The summed E-state index contributed by atoms with van der Waals surface area (Å²) in [6.45, 7) is 0.169. The van der Waals surface area contributed by atoms with Crippen LogP contribution in [0.4, 0.5) is 10.5 Å². The van der Waals surface area contributed by atoms with Gasteiger partial charge in [-0.1, -0.05) is 30.3 Å². The van der Waals surface area contributed by atoms with E-state index in [1.165, 1.54) is 16.8 Å². The van der Waals surface area contributed by atoms with E-state index in [1.54, 1.807) is 7.05 Å². The Morgan fingerprint density at radius 1 is 1.36 bits per heavy atom. The number of pyridine rings is 1. The van der Waals surface area contributed by atoms with Crippen LogP contribution in [0.25, 0.3) is 11.2 Å². The van der Waals surface area contributed by atoms with Crippen molar-refractivity contribution in [3.05, 3.63) is 58.7 Å². The molecule has 2 heterocycles. The maximum atomic E-state index is 11.7. The first-order chi connectivity index (χ1) is 10.6. The molecule has 0 radical (unpaired) electrons. The molecule has 3 rings (SSSR count). The highest BCUT2D eigenvalue weighted by Crippen LogP contribution is 2.15. The van der Waals surface area contributed by atoms with Gasteiger partial charge in [-0.2, -0.15) is 0 Å². The van der Waals surface area contributed by atoms with E-state index in [2.05, 4.69) is 10.3 Å². The minimum Gasteiger partial charge on any atom is -0.444 e. The van der Waals surface area contributed by atoms with Crippen LogP contribution in [0.5, 0.6) is 0 Å². The molecular weight excluding hydrogens is 286 g/mol. The summed E-state index contributed by atoms with van der Waals surface area (Å²) in [7, 11) is 1.56. The molecule has 0 aliphatic rings. The van der Waals surface area contributed by atoms with E-state index in [9.17, 15) is 9.59 Å². The van der Waals surface area contributed by atoms with E-state index in [0.29, 0.717) is 16.9 Å². The zero-order valence-electron chi connectivity index (χ0n) is 11.8. The number of nitrogens with one attached hydrogen (secondary N) is 1. The molecule has 7 nitrogen and oxygen atoms in total. The van der Waals surface area contributed by atoms with Gasteiger partial charge >= 0.3 is 11.8 Å². The number of nitrogens with zero attached hydrogens (tertiary/aromatic N) is 2. The van der Waals surface area contributed by atoms with Crippen LogP contribution in [0, 0.1) is 0 Å². The van der Waals surface area contributed by atoms with Gasteiger partial charge in [0.05, 0.1) is 11.9 Å². The van der Waals surface area contributed by atoms with Gasteiger partial charge in [0.25, 0.3) is 0 Å². The largest absolute Gasteiger partial charge is 0.444 e. The first-order valence-electron chi connectivity index (χ1n) is 6.57. The molecule has 0 saturated heterocycles. The normalized spacial score (nSPS) is 10.6. The monoisotopic (exact) mass is 299 g/mol. The summed E-state index contributed by atoms with van der Waals surface area (Å²) in [4.78, 5) is 27.2. The Morgan fingerprint density at radius 3 is 2.91 bits per heavy atom. The highest BCUT2D eigenvalue weighted by Gasteiger charge is 2.10. The topological polar surface area (TPSA) is 86.4 Å². The van der Waals surface area contributed by atoms with Gasteiger partial charge < -0.3 is 9.15 Å². The van der Waals surface area contributed by atoms with Crippen LogP contribution < -0.4 is 11.1 Å². The molecule has 0 saturated carbocycles. The number of ether oxygens (including phenoxy) is 1. The summed E-state index contributed by atoms with van der Waals surface area (Å²) in [6, 6.07) is 10.9. The van der Waals surface area contributed by atoms with Crippen LogP contribution in [-0.2, 0) is 18.4 Å². The quantitative estimate of drug-likeness (QED) is 0.801. The number of hydrogen-bond acceptors (Lipinski definition) is 5. The molecule has 1 aromatic carbocycles. The number of amides is 1. The molecule has 0 spiro atoms. The van der Waals surface area contributed by atoms with Gasteiger partial charge in [0.1, 0.15) is 6.61 Å². The zero-order valence-corrected chi connectivity index (χ0v) is 11.8. The molecule has 1 N–H and O–H groups in total. The van der Waals surface area contributed by atoms with Crippen molar-refractivity contribution in [2.45, 2.75) is 6.61 Å². The molecule has 112 valence electrons. The second-order valence-electron chi connectivity index (χ2n) is 4.66. The van der Waals surface area contributed by atoms with Gasteiger partial charge in [-0.3, -0.25) is 9.88 Å². The number of oxazole rings is 1. The van der Waals surface area contributed by atoms with Crippen molar-refractivity contribution >= 4 is 23.0 Å². The van der Waals surface area contributed by atoms with Crippen molar-refractivity contribution in [1.82, 2.24) is 9.55 Å². The number of aryl methyl sites for hydroxylation is 1. The standard InChI is InChI=1S/C15H13N3O4/c1-18-13-12(22-15(18)20)7-11(8-16-13)17-14(19)21-9-10-5-3-2-4-6-10/h2-8H,9H2,1H3,(H,17,19). The predicted molar refractivity (Wildman–Crippen MR) is 79.5 cm³/mol. The molecular formula is C15H13N3O4. The third-order valence-corrected chi connectivity index (χ3v) is 3.08. The number of anilines is 1. The molecule has 0 aliphatic heterocycles. The number of benzene rings is 1. The molecule has 0 bridgehead atoms. The first kappa shape index (κ1) is 13.9. The highest BCUT2D eigenvalue weighted by molar-refractivity contribution is 5.86. The Bertz CT molecular complexity index is 867. The molecule has 22 heavy (non-hydrogen) atoms. The van der Waals surface area contributed by atoms with Gasteiger partial charge in [-0.25, -0.2) is 14.6 Å². The molecule has 0 fully saturated rings. The summed E-state index contributed by atoms with van der Waals surface area (Å²) in [5, 5.41) is 2.54. The number of aromatic nitrogens is 2. The Labute approximate surface area is 125 Å². The SMILES string of the molecule is Cn1c(=O)oc2cc(NC(=O)OCc3ccccc3)cnc21. The lowest BCUT2D eigenvalue weighted by atomic mass is 10.2. The number of rotatable bonds is 3. The molecule has 0 unspecified atom stereocenters. The van der Waals surface area contributed by atoms with Gasteiger partial charge in [0, 0.05) is 13.1 Å². The Morgan fingerprint density at radius 2 is 2.14 bits per heavy atom. The summed E-state index contributed by atoms with van der Waals surface area (Å²) in [6.07, 6.45) is 0.824. The molecule has 3 aromatic rings. The Hall–Kier alpha value is -3.09. The van der Waals surface area contributed by atoms with Crippen molar-refractivity contribution in [3.63, 3.8) is 0 Å². The van der Waals surface area contributed by atoms with E-state index in [1.807, 2.05) is 30.3 Å². The minimum atomic E-state index is -0.608. The van der Waals surface area contributed by atoms with Crippen molar-refractivity contribution in [2.24, 2.45) is 7.05 Å². The fourth-order valence-electron chi connectivity index (χ4n) is 1.96. The minimum absolute atomic E-state index is 0.169. The third kappa shape index (κ3) is 2.83. The predicted octanol–water partition coefficient (Wildman–Crippen LogP) is 2.28. The molecule has 1 amide bonds. The van der Waals surface area contributed by atoms with Crippen molar-refractivity contribution in [1.29, 1.82) is 0 Å². The Balaban J connectivity index is 1.67. The highest BCUT2D eigenvalue weighted by atomic mass is 16.5. The van der Waals surface area contributed by atoms with Gasteiger partial charge in [0.15, 0.2) is 11.2 Å². The van der Waals surface area contributed by atoms with Gasteiger partial charge in [-0.15, -0.1) is 0 Å². The van der Waals surface area contributed by atoms with E-state index in [0.717, 1.165) is 5.56 Å². The van der Waals surface area contributed by atoms with Crippen LogP contribution in [0.1, 0.15) is 5.56 Å². The van der Waals surface area contributed by atoms with Crippen molar-refractivity contribution in [2.75, 3.05) is 5.32 Å². The molecule has 0 atom stereocenters. The number of carbonyl (C=O) groups excluding carboxylic acids is 1. The lowest BCUT2D eigenvalue weighted by Crippen LogP contribution is -2.13.